The van der Waals surface area contributed by atoms with Gasteiger partial charge in [0.15, 0.2) is 0 Å². The molecule has 0 atom stereocenters. The van der Waals surface area contributed by atoms with Crippen molar-refractivity contribution in [1.29, 1.82) is 0 Å². The lowest BCUT2D eigenvalue weighted by molar-refractivity contribution is -0.137. The molecule has 0 bridgehead atoms. The number of hydrogen-bond donors (Lipinski definition) is 1. The Hall–Kier alpha value is -0.0000000000000000416. The van der Waals surface area contributed by atoms with Crippen LogP contribution in [0.4, 0.5) is 13.2 Å². The van der Waals surface area contributed by atoms with E-state index in [0.29, 0.717) is 5.41 Å². The maximum Gasteiger partial charge on any atom is 0.390 e. The van der Waals surface area contributed by atoms with Crippen LogP contribution in [0.1, 0.15) is 25.7 Å². The molecule has 0 unspecified atom stereocenters. The minimum Gasteiger partial charge on any atom is -0.317 e. The van der Waals surface area contributed by atoms with Gasteiger partial charge in [-0.1, -0.05) is 0 Å². The zero-order valence-corrected chi connectivity index (χ0v) is 10.7. The van der Waals surface area contributed by atoms with E-state index in [1.165, 1.54) is 0 Å². The smallest absolute Gasteiger partial charge is 0.317 e. The van der Waals surface area contributed by atoms with E-state index in [1.807, 2.05) is 4.90 Å². The second-order valence-corrected chi connectivity index (χ2v) is 5.14. The third-order valence-corrected chi connectivity index (χ3v) is 3.89. The lowest BCUT2D eigenvalue weighted by Gasteiger charge is -2.34. The predicted octanol–water partition coefficient (Wildman–Crippen LogP) is 2.44. The highest BCUT2D eigenvalue weighted by Crippen LogP contribution is 2.38. The number of hydrogen-bond acceptors (Lipinski definition) is 2. The Labute approximate surface area is 106 Å². The van der Waals surface area contributed by atoms with Crippen LogP contribution >= 0.6 is 12.4 Å². The fourth-order valence-electron chi connectivity index (χ4n) is 2.87. The summed E-state index contributed by atoms with van der Waals surface area (Å²) in [4.78, 5) is 1.98. The summed E-state index contributed by atoms with van der Waals surface area (Å²) in [5.74, 6) is 0. The van der Waals surface area contributed by atoms with Crippen LogP contribution in [0.3, 0.4) is 0 Å². The molecule has 102 valence electrons. The van der Waals surface area contributed by atoms with E-state index in [4.69, 9.17) is 0 Å². The molecular formula is C11H20ClF3N2. The molecule has 0 aliphatic carbocycles. The first-order valence-electron chi connectivity index (χ1n) is 5.99. The van der Waals surface area contributed by atoms with Crippen LogP contribution in [0, 0.1) is 5.41 Å². The molecule has 2 saturated heterocycles. The maximum atomic E-state index is 12.1. The molecule has 0 aromatic rings. The molecule has 17 heavy (non-hydrogen) atoms. The van der Waals surface area contributed by atoms with E-state index in [1.54, 1.807) is 0 Å². The molecule has 1 N–H and O–H groups in total. The highest BCUT2D eigenvalue weighted by molar-refractivity contribution is 5.85. The summed E-state index contributed by atoms with van der Waals surface area (Å²) >= 11 is 0. The SMILES string of the molecule is Cl.FC(F)(F)CCN1CCC2(CCNCC2)C1. The maximum absolute atomic E-state index is 12.1. The molecule has 2 aliphatic rings. The topological polar surface area (TPSA) is 15.3 Å². The van der Waals surface area contributed by atoms with Gasteiger partial charge in [0, 0.05) is 13.1 Å². The number of nitrogens with zero attached hydrogens (tertiary/aromatic N) is 1. The van der Waals surface area contributed by atoms with Gasteiger partial charge in [0.2, 0.25) is 0 Å². The van der Waals surface area contributed by atoms with Crippen LogP contribution in [0.25, 0.3) is 0 Å². The fraction of sp³-hybridized carbons (Fsp3) is 1.00. The number of nitrogens with one attached hydrogen (secondary N) is 1. The van der Waals surface area contributed by atoms with Crippen molar-refractivity contribution in [2.45, 2.75) is 31.9 Å². The monoisotopic (exact) mass is 272 g/mol. The van der Waals surface area contributed by atoms with E-state index in [9.17, 15) is 13.2 Å². The van der Waals surface area contributed by atoms with Crippen LogP contribution in [0.2, 0.25) is 0 Å². The molecule has 2 heterocycles. The summed E-state index contributed by atoms with van der Waals surface area (Å²) in [6, 6.07) is 0. The molecule has 2 nitrogen and oxygen atoms in total. The van der Waals surface area contributed by atoms with E-state index >= 15 is 0 Å². The fourth-order valence-corrected chi connectivity index (χ4v) is 2.87. The van der Waals surface area contributed by atoms with Gasteiger partial charge in [0.1, 0.15) is 0 Å². The van der Waals surface area contributed by atoms with Gasteiger partial charge in [-0.25, -0.2) is 0 Å². The summed E-state index contributed by atoms with van der Waals surface area (Å²) < 4.78 is 36.3. The third-order valence-electron chi connectivity index (χ3n) is 3.89. The first-order chi connectivity index (χ1) is 7.49. The summed E-state index contributed by atoms with van der Waals surface area (Å²) in [7, 11) is 0. The number of likely N-dealkylation sites (tertiary alicyclic amines) is 1. The van der Waals surface area contributed by atoms with Crippen molar-refractivity contribution in [3.8, 4) is 0 Å². The number of halogens is 4. The van der Waals surface area contributed by atoms with Gasteiger partial charge >= 0.3 is 6.18 Å². The van der Waals surface area contributed by atoms with Gasteiger partial charge in [-0.2, -0.15) is 13.2 Å². The van der Waals surface area contributed by atoms with Crippen LogP contribution < -0.4 is 5.32 Å². The van der Waals surface area contributed by atoms with Gasteiger partial charge in [-0.3, -0.25) is 0 Å². The van der Waals surface area contributed by atoms with Crippen molar-refractivity contribution in [3.63, 3.8) is 0 Å². The van der Waals surface area contributed by atoms with Crippen LogP contribution in [-0.2, 0) is 0 Å². The highest BCUT2D eigenvalue weighted by atomic mass is 35.5. The lowest BCUT2D eigenvalue weighted by Crippen LogP contribution is -2.39. The Kier molecular flexibility index (Phi) is 5.10. The summed E-state index contributed by atoms with van der Waals surface area (Å²) in [5, 5.41) is 3.31. The minimum absolute atomic E-state index is 0. The molecule has 0 aromatic heterocycles. The van der Waals surface area contributed by atoms with Crippen molar-refractivity contribution in [2.24, 2.45) is 5.41 Å². The molecule has 0 saturated carbocycles. The first-order valence-corrected chi connectivity index (χ1v) is 5.99. The lowest BCUT2D eigenvalue weighted by atomic mass is 9.78. The molecule has 0 amide bonds. The zero-order valence-electron chi connectivity index (χ0n) is 9.85. The summed E-state index contributed by atoms with van der Waals surface area (Å²) in [5.41, 5.74) is 0.316. The average Bonchev–Trinajstić information content (AvgIpc) is 2.59. The molecule has 1 spiro atoms. The minimum atomic E-state index is -4.01. The van der Waals surface area contributed by atoms with Crippen LogP contribution in [0.5, 0.6) is 0 Å². The summed E-state index contributed by atoms with van der Waals surface area (Å²) in [6.45, 7) is 3.93. The van der Waals surface area contributed by atoms with E-state index in [-0.39, 0.29) is 19.0 Å². The molecule has 0 radical (unpaired) electrons. The van der Waals surface area contributed by atoms with Crippen molar-refractivity contribution < 1.29 is 13.2 Å². The Bertz CT molecular complexity index is 239. The first kappa shape index (κ1) is 15.1. The van der Waals surface area contributed by atoms with Crippen LogP contribution in [0.15, 0.2) is 0 Å². The van der Waals surface area contributed by atoms with Gasteiger partial charge in [-0.05, 0) is 44.3 Å². The molecule has 2 rings (SSSR count). The molecule has 6 heteroatoms. The number of alkyl halides is 3. The van der Waals surface area contributed by atoms with E-state index in [2.05, 4.69) is 5.32 Å². The predicted molar refractivity (Wildman–Crippen MR) is 63.5 cm³/mol. The molecular weight excluding hydrogens is 253 g/mol. The molecule has 2 fully saturated rings. The number of piperidine rings is 1. The highest BCUT2D eigenvalue weighted by Gasteiger charge is 2.39. The van der Waals surface area contributed by atoms with Crippen LogP contribution in [-0.4, -0.2) is 43.8 Å². The Morgan fingerprint density at radius 2 is 1.76 bits per heavy atom. The van der Waals surface area contributed by atoms with Gasteiger partial charge in [-0.15, -0.1) is 12.4 Å². The van der Waals surface area contributed by atoms with Crippen molar-refractivity contribution in [1.82, 2.24) is 10.2 Å². The van der Waals surface area contributed by atoms with Gasteiger partial charge < -0.3 is 10.2 Å². The Balaban J connectivity index is 0.00000144. The largest absolute Gasteiger partial charge is 0.390 e. The van der Waals surface area contributed by atoms with Gasteiger partial charge in [0.25, 0.3) is 0 Å². The zero-order chi connectivity index (χ0) is 11.6. The second kappa shape index (κ2) is 5.76. The van der Waals surface area contributed by atoms with E-state index in [0.717, 1.165) is 45.4 Å². The van der Waals surface area contributed by atoms with Crippen molar-refractivity contribution in [3.05, 3.63) is 0 Å². The Morgan fingerprint density at radius 3 is 2.35 bits per heavy atom. The molecule has 2 aliphatic heterocycles. The normalized spacial score (nSPS) is 24.9. The Morgan fingerprint density at radius 1 is 1.12 bits per heavy atom. The standard InChI is InChI=1S/C11H19F3N2.ClH/c12-11(13,14)4-8-16-7-3-10(9-16)1-5-15-6-2-10;/h15H,1-9H2;1H. The van der Waals surface area contributed by atoms with E-state index < -0.39 is 12.6 Å². The molecule has 0 aromatic carbocycles. The quantitative estimate of drug-likeness (QED) is 0.831. The van der Waals surface area contributed by atoms with Gasteiger partial charge in [0.05, 0.1) is 6.42 Å². The number of rotatable bonds is 2. The third kappa shape index (κ3) is 4.30. The average molecular weight is 273 g/mol. The second-order valence-electron chi connectivity index (χ2n) is 5.14. The van der Waals surface area contributed by atoms with Crippen molar-refractivity contribution >= 4 is 12.4 Å². The van der Waals surface area contributed by atoms with Crippen molar-refractivity contribution in [2.75, 3.05) is 32.7 Å². The summed E-state index contributed by atoms with van der Waals surface area (Å²) in [6.07, 6.45) is -1.36.